The molecule has 3 heterocycles. The maximum Gasteiger partial charge on any atom is 0.269 e. The van der Waals surface area contributed by atoms with Crippen molar-refractivity contribution < 1.29 is 9.34 Å². The van der Waals surface area contributed by atoms with Crippen LogP contribution in [0, 0.1) is 24.0 Å². The first-order valence-corrected chi connectivity index (χ1v) is 9.24. The van der Waals surface area contributed by atoms with Gasteiger partial charge in [-0.15, -0.1) is 15.3 Å². The van der Waals surface area contributed by atoms with E-state index in [-0.39, 0.29) is 10.9 Å². The minimum Gasteiger partial charge on any atom is -0.419 e. The van der Waals surface area contributed by atoms with Gasteiger partial charge in [0.2, 0.25) is 16.9 Å². The Morgan fingerprint density at radius 2 is 1.93 bits per heavy atom. The fourth-order valence-electron chi connectivity index (χ4n) is 2.65. The number of aryl methyl sites for hydroxylation is 2. The van der Waals surface area contributed by atoms with Crippen LogP contribution in [0.3, 0.4) is 0 Å². The molecular formula is C17H15N7O3S. The molecule has 0 aliphatic heterocycles. The van der Waals surface area contributed by atoms with Crippen LogP contribution >= 0.6 is 11.8 Å². The standard InChI is InChI=1S/C17H15N7O3S/c1-9-8-10(2)23-16(18-9)19-17(22-23)28-11(3)14-20-21-15(27-14)12-4-6-13(7-5-12)24(25)26/h4-8,11H,1-3H3/t11-/m1/s1. The zero-order valence-corrected chi connectivity index (χ0v) is 16.0. The van der Waals surface area contributed by atoms with Crippen LogP contribution in [0.2, 0.25) is 0 Å². The van der Waals surface area contributed by atoms with Crippen LogP contribution in [0.25, 0.3) is 17.2 Å². The predicted octanol–water partition coefficient (Wildman–Crippen LogP) is 3.55. The molecule has 0 aliphatic rings. The molecule has 0 radical (unpaired) electrons. The molecule has 0 aliphatic carbocycles. The lowest BCUT2D eigenvalue weighted by molar-refractivity contribution is -0.384. The highest BCUT2D eigenvalue weighted by molar-refractivity contribution is 7.99. The van der Waals surface area contributed by atoms with E-state index in [9.17, 15) is 10.1 Å². The molecule has 0 unspecified atom stereocenters. The van der Waals surface area contributed by atoms with E-state index in [2.05, 4.69) is 25.3 Å². The van der Waals surface area contributed by atoms with Gasteiger partial charge in [-0.1, -0.05) is 11.8 Å². The molecule has 0 bridgehead atoms. The number of nitro benzene ring substituents is 1. The van der Waals surface area contributed by atoms with E-state index in [1.54, 1.807) is 16.6 Å². The van der Waals surface area contributed by atoms with E-state index in [0.717, 1.165) is 11.4 Å². The summed E-state index contributed by atoms with van der Waals surface area (Å²) in [5.74, 6) is 1.26. The van der Waals surface area contributed by atoms with Gasteiger partial charge in [-0.25, -0.2) is 9.50 Å². The number of nitrogens with zero attached hydrogens (tertiary/aromatic N) is 7. The van der Waals surface area contributed by atoms with Crippen molar-refractivity contribution in [3.8, 4) is 11.5 Å². The van der Waals surface area contributed by atoms with E-state index in [1.165, 1.54) is 23.9 Å². The van der Waals surface area contributed by atoms with Crippen molar-refractivity contribution in [3.63, 3.8) is 0 Å². The van der Waals surface area contributed by atoms with Gasteiger partial charge in [0.15, 0.2) is 0 Å². The van der Waals surface area contributed by atoms with E-state index in [4.69, 9.17) is 4.42 Å². The highest BCUT2D eigenvalue weighted by Crippen LogP contribution is 2.33. The first-order valence-electron chi connectivity index (χ1n) is 8.36. The number of aromatic nitrogens is 6. The highest BCUT2D eigenvalue weighted by Gasteiger charge is 2.19. The molecule has 11 heteroatoms. The van der Waals surface area contributed by atoms with Crippen molar-refractivity contribution in [2.24, 2.45) is 0 Å². The number of non-ortho nitro benzene ring substituents is 1. The molecule has 0 saturated heterocycles. The molecule has 4 aromatic rings. The van der Waals surface area contributed by atoms with Crippen molar-refractivity contribution in [3.05, 3.63) is 57.7 Å². The second-order valence-electron chi connectivity index (χ2n) is 6.15. The number of fused-ring (bicyclic) bond motifs is 1. The van der Waals surface area contributed by atoms with Crippen LogP contribution in [-0.4, -0.2) is 34.7 Å². The fourth-order valence-corrected chi connectivity index (χ4v) is 3.42. The van der Waals surface area contributed by atoms with Gasteiger partial charge in [-0.05, 0) is 39.0 Å². The summed E-state index contributed by atoms with van der Waals surface area (Å²) in [4.78, 5) is 19.1. The van der Waals surface area contributed by atoms with Crippen LogP contribution in [-0.2, 0) is 0 Å². The molecule has 28 heavy (non-hydrogen) atoms. The SMILES string of the molecule is Cc1cc(C)n2nc(S[C@H](C)c3nnc(-c4ccc([N+](=O)[O-])cc4)o3)nc2n1. The number of nitro groups is 1. The highest BCUT2D eigenvalue weighted by atomic mass is 32.2. The lowest BCUT2D eigenvalue weighted by Crippen LogP contribution is -1.97. The monoisotopic (exact) mass is 397 g/mol. The Morgan fingerprint density at radius 3 is 2.64 bits per heavy atom. The smallest absolute Gasteiger partial charge is 0.269 e. The second-order valence-corrected chi connectivity index (χ2v) is 7.46. The summed E-state index contributed by atoms with van der Waals surface area (Å²) in [5, 5.41) is 23.7. The van der Waals surface area contributed by atoms with Crippen molar-refractivity contribution in [1.82, 2.24) is 29.8 Å². The summed E-state index contributed by atoms with van der Waals surface area (Å²) in [6.45, 7) is 5.77. The molecule has 1 aromatic carbocycles. The molecule has 1 atom stereocenters. The zero-order valence-electron chi connectivity index (χ0n) is 15.2. The predicted molar refractivity (Wildman–Crippen MR) is 101 cm³/mol. The Kier molecular flexibility index (Phi) is 4.51. The molecule has 0 amide bonds. The number of rotatable bonds is 5. The van der Waals surface area contributed by atoms with Crippen LogP contribution in [0.5, 0.6) is 0 Å². The summed E-state index contributed by atoms with van der Waals surface area (Å²) >= 11 is 1.38. The van der Waals surface area contributed by atoms with Crippen molar-refractivity contribution >= 4 is 23.2 Å². The third kappa shape index (κ3) is 3.43. The van der Waals surface area contributed by atoms with Crippen LogP contribution < -0.4 is 0 Å². The molecule has 0 fully saturated rings. The topological polar surface area (TPSA) is 125 Å². The molecule has 4 rings (SSSR count). The van der Waals surface area contributed by atoms with Crippen LogP contribution in [0.1, 0.15) is 29.5 Å². The second kappa shape index (κ2) is 7.00. The lowest BCUT2D eigenvalue weighted by Gasteiger charge is -2.02. The van der Waals surface area contributed by atoms with E-state index >= 15 is 0 Å². The van der Waals surface area contributed by atoms with Gasteiger partial charge in [0.05, 0.1) is 10.2 Å². The quantitative estimate of drug-likeness (QED) is 0.282. The Labute approximate surface area is 163 Å². The molecule has 142 valence electrons. The van der Waals surface area contributed by atoms with Crippen molar-refractivity contribution in [1.29, 1.82) is 0 Å². The maximum atomic E-state index is 10.8. The molecule has 0 saturated carbocycles. The Morgan fingerprint density at radius 1 is 1.18 bits per heavy atom. The Bertz CT molecular complexity index is 1170. The van der Waals surface area contributed by atoms with E-state index < -0.39 is 4.92 Å². The van der Waals surface area contributed by atoms with Gasteiger partial charge in [0.1, 0.15) is 0 Å². The fraction of sp³-hybridized carbons (Fsp3) is 0.235. The maximum absolute atomic E-state index is 10.8. The summed E-state index contributed by atoms with van der Waals surface area (Å²) < 4.78 is 7.42. The summed E-state index contributed by atoms with van der Waals surface area (Å²) in [6, 6.07) is 7.89. The summed E-state index contributed by atoms with van der Waals surface area (Å²) in [5.41, 5.74) is 2.45. The van der Waals surface area contributed by atoms with Crippen LogP contribution in [0.15, 0.2) is 39.9 Å². The number of hydrogen-bond donors (Lipinski definition) is 0. The number of thioether (sulfide) groups is 1. The molecule has 3 aromatic heterocycles. The van der Waals surface area contributed by atoms with E-state index in [0.29, 0.717) is 28.3 Å². The molecule has 10 nitrogen and oxygen atoms in total. The molecule has 0 N–H and O–H groups in total. The van der Waals surface area contributed by atoms with Gasteiger partial charge >= 0.3 is 0 Å². The molecular weight excluding hydrogens is 382 g/mol. The summed E-state index contributed by atoms with van der Waals surface area (Å²) in [7, 11) is 0. The first-order chi connectivity index (χ1) is 13.4. The number of benzene rings is 1. The normalized spacial score (nSPS) is 12.4. The third-order valence-electron chi connectivity index (χ3n) is 3.99. The first kappa shape index (κ1) is 18.0. The van der Waals surface area contributed by atoms with Crippen molar-refractivity contribution in [2.45, 2.75) is 31.2 Å². The average molecular weight is 397 g/mol. The van der Waals surface area contributed by atoms with Gasteiger partial charge in [-0.2, -0.15) is 4.98 Å². The summed E-state index contributed by atoms with van der Waals surface area (Å²) in [6.07, 6.45) is 0. The van der Waals surface area contributed by atoms with Crippen molar-refractivity contribution in [2.75, 3.05) is 0 Å². The third-order valence-corrected chi connectivity index (χ3v) is 4.93. The van der Waals surface area contributed by atoms with E-state index in [1.807, 2.05) is 26.8 Å². The zero-order chi connectivity index (χ0) is 19.8. The minimum absolute atomic E-state index is 0.00414. The number of hydrogen-bond acceptors (Lipinski definition) is 9. The van der Waals surface area contributed by atoms with Gasteiger partial charge < -0.3 is 4.42 Å². The Hall–Kier alpha value is -3.34. The van der Waals surface area contributed by atoms with Crippen LogP contribution in [0.4, 0.5) is 5.69 Å². The van der Waals surface area contributed by atoms with Gasteiger partial charge in [-0.3, -0.25) is 10.1 Å². The molecule has 0 spiro atoms. The average Bonchev–Trinajstić information content (AvgIpc) is 3.29. The van der Waals surface area contributed by atoms with Gasteiger partial charge in [0.25, 0.3) is 11.5 Å². The largest absolute Gasteiger partial charge is 0.419 e. The lowest BCUT2D eigenvalue weighted by atomic mass is 10.2. The van der Waals surface area contributed by atoms with Gasteiger partial charge in [0, 0.05) is 29.1 Å². The minimum atomic E-state index is -0.457. The Balaban J connectivity index is 1.54.